The van der Waals surface area contributed by atoms with E-state index in [-0.39, 0.29) is 35.6 Å². The molecular formula is C33H36ClNO4Si. The number of rotatable bonds is 11. The summed E-state index contributed by atoms with van der Waals surface area (Å²) in [7, 11) is -2.81. The van der Waals surface area contributed by atoms with Crippen LogP contribution in [0.25, 0.3) is 0 Å². The van der Waals surface area contributed by atoms with Crippen molar-refractivity contribution in [3.63, 3.8) is 0 Å². The highest BCUT2D eigenvalue weighted by Gasteiger charge is 2.53. The molecule has 0 radical (unpaired) electrons. The largest absolute Gasteiger partial charge is 0.485 e. The van der Waals surface area contributed by atoms with E-state index in [1.165, 1.54) is 16.4 Å². The summed E-state index contributed by atoms with van der Waals surface area (Å²) in [5, 5.41) is 12.2. The minimum absolute atomic E-state index is 0.0702. The zero-order chi connectivity index (χ0) is 28.6. The number of ether oxygens (including phenoxy) is 2. The Hall–Kier alpha value is -3.21. The molecular weight excluding hydrogens is 538 g/mol. The van der Waals surface area contributed by atoms with E-state index in [1.807, 2.05) is 12.1 Å². The third-order valence-corrected chi connectivity index (χ3v) is 12.6. The van der Waals surface area contributed by atoms with E-state index in [0.29, 0.717) is 30.2 Å². The Morgan fingerprint density at radius 2 is 1.70 bits per heavy atom. The first-order valence-corrected chi connectivity index (χ1v) is 15.9. The second kappa shape index (κ2) is 13.4. The molecule has 7 heteroatoms. The average Bonchev–Trinajstić information content (AvgIpc) is 3.33. The number of carbonyl (C=O) groups excluding carboxylic acids is 1. The van der Waals surface area contributed by atoms with Crippen molar-refractivity contribution in [2.75, 3.05) is 13.2 Å². The zero-order valence-electron chi connectivity index (χ0n) is 23.3. The van der Waals surface area contributed by atoms with Gasteiger partial charge in [-0.15, -0.1) is 0 Å². The van der Waals surface area contributed by atoms with E-state index in [4.69, 9.17) is 25.5 Å². The summed E-state index contributed by atoms with van der Waals surface area (Å²) < 4.78 is 19.2. The monoisotopic (exact) mass is 573 g/mol. The van der Waals surface area contributed by atoms with Crippen LogP contribution in [-0.2, 0) is 14.0 Å². The van der Waals surface area contributed by atoms with Gasteiger partial charge in [0.25, 0.3) is 8.32 Å². The maximum Gasteiger partial charge on any atom is 0.261 e. The van der Waals surface area contributed by atoms with Crippen molar-refractivity contribution >= 4 is 36.1 Å². The minimum atomic E-state index is -2.81. The molecule has 1 fully saturated rings. The average molecular weight is 574 g/mol. The number of nitriles is 1. The highest BCUT2D eigenvalue weighted by atomic mass is 35.5. The molecule has 3 aromatic carbocycles. The molecule has 3 aromatic rings. The van der Waals surface area contributed by atoms with E-state index < -0.39 is 8.32 Å². The lowest BCUT2D eigenvalue weighted by Crippen LogP contribution is -2.68. The summed E-state index contributed by atoms with van der Waals surface area (Å²) in [6.45, 7) is 7.02. The number of hydrogen-bond acceptors (Lipinski definition) is 5. The van der Waals surface area contributed by atoms with Gasteiger partial charge in [0, 0.05) is 17.4 Å². The first-order chi connectivity index (χ1) is 19.2. The van der Waals surface area contributed by atoms with Crippen LogP contribution in [0, 0.1) is 17.2 Å². The van der Waals surface area contributed by atoms with Crippen LogP contribution >= 0.6 is 11.6 Å². The third kappa shape index (κ3) is 6.91. The molecule has 40 heavy (non-hydrogen) atoms. The Kier molecular flexibility index (Phi) is 9.99. The molecule has 0 aliphatic carbocycles. The van der Waals surface area contributed by atoms with Crippen molar-refractivity contribution in [1.29, 1.82) is 5.26 Å². The van der Waals surface area contributed by atoms with Gasteiger partial charge in [0.1, 0.15) is 5.75 Å². The number of ketones is 1. The molecule has 5 nitrogen and oxygen atoms in total. The molecule has 0 saturated carbocycles. The summed E-state index contributed by atoms with van der Waals surface area (Å²) in [4.78, 5) is 12.6. The topological polar surface area (TPSA) is 68.6 Å². The molecule has 3 atom stereocenters. The minimum Gasteiger partial charge on any atom is -0.485 e. The van der Waals surface area contributed by atoms with Crippen LogP contribution in [0.2, 0.25) is 10.1 Å². The molecule has 0 spiro atoms. The van der Waals surface area contributed by atoms with Gasteiger partial charge in [-0.1, -0.05) is 105 Å². The lowest BCUT2D eigenvalue weighted by atomic mass is 9.93. The van der Waals surface area contributed by atoms with Crippen molar-refractivity contribution in [3.05, 3.63) is 102 Å². The van der Waals surface area contributed by atoms with Crippen molar-refractivity contribution in [2.45, 2.75) is 50.9 Å². The predicted molar refractivity (Wildman–Crippen MR) is 162 cm³/mol. The van der Waals surface area contributed by atoms with Crippen molar-refractivity contribution in [2.24, 2.45) is 5.92 Å². The summed E-state index contributed by atoms with van der Waals surface area (Å²) in [5.74, 6) is 0.287. The molecule has 0 N–H and O–H groups in total. The van der Waals surface area contributed by atoms with Gasteiger partial charge in [0.05, 0.1) is 24.9 Å². The molecule has 1 aliphatic heterocycles. The summed E-state index contributed by atoms with van der Waals surface area (Å²) in [6, 6.07) is 30.2. The van der Waals surface area contributed by atoms with Crippen LogP contribution in [0.4, 0.5) is 0 Å². The third-order valence-electron chi connectivity index (χ3n) is 7.34. The molecule has 1 aliphatic rings. The molecule has 0 unspecified atom stereocenters. The number of nitrogens with zero attached hydrogens (tertiary/aromatic N) is 1. The Labute approximate surface area is 243 Å². The molecule has 1 heterocycles. The Morgan fingerprint density at radius 1 is 1.05 bits per heavy atom. The van der Waals surface area contributed by atoms with Crippen LogP contribution in [0.5, 0.6) is 5.75 Å². The summed E-state index contributed by atoms with van der Waals surface area (Å²) in [6.07, 6.45) is 3.73. The summed E-state index contributed by atoms with van der Waals surface area (Å²) in [5.41, 5.74) is 0. The predicted octanol–water partition coefficient (Wildman–Crippen LogP) is 6.11. The highest BCUT2D eigenvalue weighted by Crippen LogP contribution is 2.40. The van der Waals surface area contributed by atoms with Gasteiger partial charge in [-0.25, -0.2) is 0 Å². The number of benzene rings is 3. The fourth-order valence-corrected chi connectivity index (χ4v) is 10.3. The normalized spacial score (nSPS) is 19.4. The van der Waals surface area contributed by atoms with E-state index in [1.54, 1.807) is 30.3 Å². The fraction of sp³-hybridized carbons (Fsp3) is 0.333. The van der Waals surface area contributed by atoms with E-state index in [2.05, 4.69) is 75.4 Å². The van der Waals surface area contributed by atoms with Gasteiger partial charge < -0.3 is 13.9 Å². The van der Waals surface area contributed by atoms with E-state index >= 15 is 0 Å². The quantitative estimate of drug-likeness (QED) is 0.204. The van der Waals surface area contributed by atoms with Crippen molar-refractivity contribution in [1.82, 2.24) is 0 Å². The fourth-order valence-electron chi connectivity index (χ4n) is 5.45. The second-order valence-corrected chi connectivity index (χ2v) is 15.7. The van der Waals surface area contributed by atoms with E-state index in [0.717, 1.165) is 0 Å². The van der Waals surface area contributed by atoms with Crippen molar-refractivity contribution < 1.29 is 18.7 Å². The van der Waals surface area contributed by atoms with Gasteiger partial charge in [-0.05, 0) is 46.1 Å². The standard InChI is InChI=1S/C33H36ClNO4Si/c1-33(2,3)40(28-14-6-4-7-15-28,29-16-8-5-9-17-29)39-32-24-38-31(30(32)18-11-21-35)20-19-26(36)23-37-27-13-10-12-25(34)22-27/h4-10,12-17,19-20,22,30-32H,11,18,23-24H2,1-3H3/b20-19+/t30-,31-,32+/m1/s1. The zero-order valence-corrected chi connectivity index (χ0v) is 25.0. The maximum atomic E-state index is 12.6. The van der Waals surface area contributed by atoms with Crippen LogP contribution in [0.15, 0.2) is 97.1 Å². The molecule has 0 aromatic heterocycles. The summed E-state index contributed by atoms with van der Waals surface area (Å²) >= 11 is 6.00. The Bertz CT molecular complexity index is 1290. The van der Waals surface area contributed by atoms with Crippen LogP contribution in [0.1, 0.15) is 33.6 Å². The van der Waals surface area contributed by atoms with E-state index in [9.17, 15) is 10.1 Å². The van der Waals surface area contributed by atoms with Gasteiger partial charge in [0.15, 0.2) is 12.4 Å². The molecule has 0 amide bonds. The SMILES string of the molecule is CC(C)(C)[Si](O[C@H]1CO[C@H](/C=C/C(=O)COc2cccc(Cl)c2)[C@H]1CCC#N)(c1ccccc1)c1ccccc1. The smallest absolute Gasteiger partial charge is 0.261 e. The first kappa shape index (κ1) is 29.8. The number of carbonyl (C=O) groups is 1. The Morgan fingerprint density at radius 3 is 2.27 bits per heavy atom. The van der Waals surface area contributed by atoms with Crippen molar-refractivity contribution in [3.8, 4) is 11.8 Å². The number of hydrogen-bond donors (Lipinski definition) is 0. The van der Waals surface area contributed by atoms with Gasteiger partial charge >= 0.3 is 0 Å². The molecule has 208 valence electrons. The Balaban J connectivity index is 1.58. The lowest BCUT2D eigenvalue weighted by molar-refractivity contribution is -0.116. The van der Waals surface area contributed by atoms with Crippen LogP contribution < -0.4 is 15.1 Å². The van der Waals surface area contributed by atoms with Crippen LogP contribution in [0.3, 0.4) is 0 Å². The van der Waals surface area contributed by atoms with Gasteiger partial charge in [-0.3, -0.25) is 4.79 Å². The van der Waals surface area contributed by atoms with Crippen LogP contribution in [-0.4, -0.2) is 39.5 Å². The molecule has 4 rings (SSSR count). The lowest BCUT2D eigenvalue weighted by Gasteiger charge is -2.45. The van der Waals surface area contributed by atoms with Gasteiger partial charge in [-0.2, -0.15) is 5.26 Å². The highest BCUT2D eigenvalue weighted by molar-refractivity contribution is 6.99. The maximum absolute atomic E-state index is 12.6. The number of halogens is 1. The first-order valence-electron chi connectivity index (χ1n) is 13.6. The van der Waals surface area contributed by atoms with Gasteiger partial charge in [0.2, 0.25) is 0 Å². The molecule has 1 saturated heterocycles. The molecule has 0 bridgehead atoms. The second-order valence-electron chi connectivity index (χ2n) is 11.0.